The zero-order valence-electron chi connectivity index (χ0n) is 12.6. The van der Waals surface area contributed by atoms with E-state index in [2.05, 4.69) is 5.32 Å². The first-order chi connectivity index (χ1) is 11.1. The molecule has 0 unspecified atom stereocenters. The summed E-state index contributed by atoms with van der Waals surface area (Å²) in [5.74, 6) is 1.82. The van der Waals surface area contributed by atoms with Crippen molar-refractivity contribution in [1.82, 2.24) is 5.32 Å². The maximum atomic E-state index is 11.9. The maximum Gasteiger partial charge on any atom is 0.230 e. The van der Waals surface area contributed by atoms with Gasteiger partial charge in [-0.1, -0.05) is 35.3 Å². The molecule has 0 aliphatic heterocycles. The van der Waals surface area contributed by atoms with Crippen molar-refractivity contribution < 1.29 is 9.53 Å². The molecule has 2 rings (SSSR count). The fraction of sp³-hybridized carbons (Fsp3) is 0.235. The number of nitrogens with one attached hydrogen (secondary N) is 1. The summed E-state index contributed by atoms with van der Waals surface area (Å²) in [6, 6.07) is 12.9. The molecule has 6 heteroatoms. The molecule has 2 aromatic carbocycles. The van der Waals surface area contributed by atoms with Crippen LogP contribution >= 0.6 is 35.0 Å². The average Bonchev–Trinajstić information content (AvgIpc) is 2.54. The summed E-state index contributed by atoms with van der Waals surface area (Å²) in [5.41, 5.74) is 2.00. The van der Waals surface area contributed by atoms with Gasteiger partial charge in [0.05, 0.1) is 12.9 Å². The summed E-state index contributed by atoms with van der Waals surface area (Å²) < 4.78 is 5.29. The highest BCUT2D eigenvalue weighted by Gasteiger charge is 2.07. The van der Waals surface area contributed by atoms with Crippen LogP contribution in [0, 0.1) is 0 Å². The number of carbonyl (C=O) groups excluding carboxylic acids is 1. The van der Waals surface area contributed by atoms with Gasteiger partial charge in [-0.05, 0) is 35.9 Å². The molecular formula is C17H17Cl2NO2S. The van der Waals surface area contributed by atoms with Crippen molar-refractivity contribution in [2.75, 3.05) is 12.9 Å². The van der Waals surface area contributed by atoms with Crippen LogP contribution in [0.5, 0.6) is 5.75 Å². The van der Waals surface area contributed by atoms with Gasteiger partial charge in [0.2, 0.25) is 5.91 Å². The molecule has 122 valence electrons. The van der Waals surface area contributed by atoms with Crippen molar-refractivity contribution in [2.45, 2.75) is 12.3 Å². The monoisotopic (exact) mass is 369 g/mol. The van der Waals surface area contributed by atoms with Crippen LogP contribution in [0.15, 0.2) is 42.5 Å². The van der Waals surface area contributed by atoms with Crippen LogP contribution in [-0.4, -0.2) is 18.8 Å². The Bertz CT molecular complexity index is 662. The van der Waals surface area contributed by atoms with Crippen LogP contribution in [0.25, 0.3) is 0 Å². The highest BCUT2D eigenvalue weighted by molar-refractivity contribution is 7.99. The molecule has 1 amide bonds. The Kier molecular flexibility index (Phi) is 7.09. The number of halogens is 2. The van der Waals surface area contributed by atoms with Gasteiger partial charge in [0.15, 0.2) is 0 Å². The predicted octanol–water partition coefficient (Wildman–Crippen LogP) is 4.55. The van der Waals surface area contributed by atoms with E-state index in [9.17, 15) is 4.79 Å². The summed E-state index contributed by atoms with van der Waals surface area (Å²) in [7, 11) is 1.62. The minimum Gasteiger partial charge on any atom is -0.496 e. The molecule has 0 atom stereocenters. The molecule has 0 radical (unpaired) electrons. The maximum absolute atomic E-state index is 11.9. The van der Waals surface area contributed by atoms with Gasteiger partial charge in [-0.25, -0.2) is 0 Å². The number of amides is 1. The van der Waals surface area contributed by atoms with Crippen LogP contribution in [0.3, 0.4) is 0 Å². The van der Waals surface area contributed by atoms with E-state index in [1.165, 1.54) is 11.8 Å². The fourth-order valence-corrected chi connectivity index (χ4v) is 3.12. The summed E-state index contributed by atoms with van der Waals surface area (Å²) in [4.78, 5) is 11.9. The molecular weight excluding hydrogens is 353 g/mol. The molecule has 23 heavy (non-hydrogen) atoms. The minimum absolute atomic E-state index is 0.00838. The molecule has 2 aromatic rings. The van der Waals surface area contributed by atoms with Crippen molar-refractivity contribution >= 4 is 40.9 Å². The third-order valence-corrected chi connectivity index (χ3v) is 4.60. The van der Waals surface area contributed by atoms with Crippen LogP contribution < -0.4 is 10.1 Å². The van der Waals surface area contributed by atoms with Crippen molar-refractivity contribution in [3.8, 4) is 5.75 Å². The lowest BCUT2D eigenvalue weighted by atomic mass is 10.2. The largest absolute Gasteiger partial charge is 0.496 e. The third kappa shape index (κ3) is 5.98. The smallest absolute Gasteiger partial charge is 0.230 e. The first-order valence-corrected chi connectivity index (χ1v) is 8.91. The molecule has 0 aliphatic rings. The van der Waals surface area contributed by atoms with E-state index in [1.807, 2.05) is 36.4 Å². The zero-order chi connectivity index (χ0) is 16.7. The molecule has 0 aromatic heterocycles. The second kappa shape index (κ2) is 9.06. The van der Waals surface area contributed by atoms with Crippen molar-refractivity contribution in [1.29, 1.82) is 0 Å². The van der Waals surface area contributed by atoms with Crippen molar-refractivity contribution in [3.05, 3.63) is 63.6 Å². The number of ether oxygens (including phenoxy) is 1. The second-order valence-corrected chi connectivity index (χ2v) is 6.71. The van der Waals surface area contributed by atoms with Crippen molar-refractivity contribution in [2.24, 2.45) is 0 Å². The Labute approximate surface area is 150 Å². The summed E-state index contributed by atoms with van der Waals surface area (Å²) in [6.45, 7) is 0.497. The van der Waals surface area contributed by atoms with E-state index in [0.29, 0.717) is 28.1 Å². The lowest BCUT2D eigenvalue weighted by Gasteiger charge is -2.09. The van der Waals surface area contributed by atoms with Gasteiger partial charge in [0.1, 0.15) is 5.75 Å². The van der Waals surface area contributed by atoms with Crippen LogP contribution in [-0.2, 0) is 17.1 Å². The Morgan fingerprint density at radius 3 is 2.52 bits per heavy atom. The van der Waals surface area contributed by atoms with Gasteiger partial charge < -0.3 is 10.1 Å². The molecule has 0 spiro atoms. The van der Waals surface area contributed by atoms with Gasteiger partial charge in [-0.15, -0.1) is 11.8 Å². The first-order valence-electron chi connectivity index (χ1n) is 7.00. The molecule has 0 saturated carbocycles. The minimum atomic E-state index is -0.00838. The average molecular weight is 370 g/mol. The lowest BCUT2D eigenvalue weighted by molar-refractivity contribution is -0.118. The second-order valence-electron chi connectivity index (χ2n) is 4.85. The number of benzene rings is 2. The third-order valence-electron chi connectivity index (χ3n) is 3.14. The topological polar surface area (TPSA) is 38.3 Å². The molecule has 1 N–H and O–H groups in total. The molecule has 0 bridgehead atoms. The normalized spacial score (nSPS) is 10.4. The Morgan fingerprint density at radius 2 is 1.83 bits per heavy atom. The van der Waals surface area contributed by atoms with Crippen LogP contribution in [0.4, 0.5) is 0 Å². The van der Waals surface area contributed by atoms with E-state index in [0.717, 1.165) is 16.9 Å². The fourth-order valence-electron chi connectivity index (χ4n) is 1.97. The van der Waals surface area contributed by atoms with Crippen molar-refractivity contribution in [3.63, 3.8) is 0 Å². The number of carbonyl (C=O) groups is 1. The van der Waals surface area contributed by atoms with E-state index in [4.69, 9.17) is 27.9 Å². The summed E-state index contributed by atoms with van der Waals surface area (Å²) in [6.07, 6.45) is 0. The quantitative estimate of drug-likeness (QED) is 0.777. The molecule has 0 heterocycles. The molecule has 3 nitrogen and oxygen atoms in total. The lowest BCUT2D eigenvalue weighted by Crippen LogP contribution is -2.24. The van der Waals surface area contributed by atoms with E-state index < -0.39 is 0 Å². The predicted molar refractivity (Wildman–Crippen MR) is 97.5 cm³/mol. The Hall–Kier alpha value is -1.36. The molecule has 0 saturated heterocycles. The SMILES string of the molecule is COc1ccc(Cl)cc1CSCC(=O)NCc1ccc(Cl)cc1. The van der Waals surface area contributed by atoms with Gasteiger partial charge in [0, 0.05) is 27.9 Å². The van der Waals surface area contributed by atoms with Gasteiger partial charge in [0.25, 0.3) is 0 Å². The van der Waals surface area contributed by atoms with Crippen LogP contribution in [0.2, 0.25) is 10.0 Å². The Morgan fingerprint density at radius 1 is 1.13 bits per heavy atom. The number of hydrogen-bond acceptors (Lipinski definition) is 3. The number of methoxy groups -OCH3 is 1. The van der Waals surface area contributed by atoms with E-state index >= 15 is 0 Å². The standard InChI is InChI=1S/C17H17Cl2NO2S/c1-22-16-7-6-15(19)8-13(16)10-23-11-17(21)20-9-12-2-4-14(18)5-3-12/h2-8H,9-11H2,1H3,(H,20,21). The van der Waals surface area contributed by atoms with Gasteiger partial charge >= 0.3 is 0 Å². The first kappa shape index (κ1) is 18.0. The summed E-state index contributed by atoms with van der Waals surface area (Å²) in [5, 5.41) is 4.23. The Balaban J connectivity index is 1.76. The number of hydrogen-bond donors (Lipinski definition) is 1. The number of rotatable bonds is 7. The van der Waals surface area contributed by atoms with E-state index in [-0.39, 0.29) is 5.91 Å². The van der Waals surface area contributed by atoms with Gasteiger partial charge in [-0.3, -0.25) is 4.79 Å². The van der Waals surface area contributed by atoms with E-state index in [1.54, 1.807) is 13.2 Å². The molecule has 0 fully saturated rings. The number of thioether (sulfide) groups is 1. The highest BCUT2D eigenvalue weighted by Crippen LogP contribution is 2.26. The highest BCUT2D eigenvalue weighted by atomic mass is 35.5. The molecule has 0 aliphatic carbocycles. The zero-order valence-corrected chi connectivity index (χ0v) is 15.0. The van der Waals surface area contributed by atoms with Gasteiger partial charge in [-0.2, -0.15) is 0 Å². The van der Waals surface area contributed by atoms with Crippen LogP contribution in [0.1, 0.15) is 11.1 Å². The summed E-state index contributed by atoms with van der Waals surface area (Å²) >= 11 is 13.3.